The molecule has 1 heterocycles. The third-order valence-electron chi connectivity index (χ3n) is 2.06. The first-order chi connectivity index (χ1) is 7.26. The highest BCUT2D eigenvalue weighted by Gasteiger charge is 2.09. The summed E-state index contributed by atoms with van der Waals surface area (Å²) in [7, 11) is 1.65. The molecule has 0 aliphatic heterocycles. The molecule has 15 heavy (non-hydrogen) atoms. The van der Waals surface area contributed by atoms with Gasteiger partial charge >= 0.3 is 0 Å². The fraction of sp³-hybridized carbons (Fsp3) is 0.700. The topological polar surface area (TPSA) is 71.9 Å². The largest absolute Gasteiger partial charge is 0.381 e. The van der Waals surface area contributed by atoms with Gasteiger partial charge in [-0.25, -0.2) is 0 Å². The van der Waals surface area contributed by atoms with Crippen molar-refractivity contribution < 1.29 is 9.26 Å². The molecule has 5 nitrogen and oxygen atoms in total. The molecule has 0 radical (unpaired) electrons. The van der Waals surface area contributed by atoms with E-state index in [1.807, 2.05) is 6.92 Å². The molecule has 0 N–H and O–H groups in total. The van der Waals surface area contributed by atoms with E-state index in [0.29, 0.717) is 31.0 Å². The molecule has 0 saturated carbocycles. The van der Waals surface area contributed by atoms with Gasteiger partial charge in [0.05, 0.1) is 12.2 Å². The van der Waals surface area contributed by atoms with Crippen LogP contribution in [0, 0.1) is 11.3 Å². The monoisotopic (exact) mass is 209 g/mol. The number of hydrogen-bond acceptors (Lipinski definition) is 5. The van der Waals surface area contributed by atoms with E-state index in [1.54, 1.807) is 7.11 Å². The smallest absolute Gasteiger partial charge is 0.226 e. The molecule has 1 unspecified atom stereocenters. The van der Waals surface area contributed by atoms with E-state index in [0.717, 1.165) is 6.42 Å². The van der Waals surface area contributed by atoms with Crippen LogP contribution in [0.5, 0.6) is 0 Å². The summed E-state index contributed by atoms with van der Waals surface area (Å²) in [6, 6.07) is 2.08. The zero-order valence-corrected chi connectivity index (χ0v) is 9.06. The molecule has 0 saturated heterocycles. The number of nitriles is 1. The van der Waals surface area contributed by atoms with E-state index in [9.17, 15) is 0 Å². The minimum atomic E-state index is 0.0922. The summed E-state index contributed by atoms with van der Waals surface area (Å²) in [5, 5.41) is 12.2. The van der Waals surface area contributed by atoms with E-state index in [-0.39, 0.29) is 6.10 Å². The highest BCUT2D eigenvalue weighted by atomic mass is 16.5. The number of unbranched alkanes of at least 4 members (excludes halogenated alkanes) is 1. The molecule has 0 aliphatic rings. The second-order valence-electron chi connectivity index (χ2n) is 3.37. The second-order valence-corrected chi connectivity index (χ2v) is 3.37. The summed E-state index contributed by atoms with van der Waals surface area (Å²) in [4.78, 5) is 4.20. The molecule has 5 heteroatoms. The van der Waals surface area contributed by atoms with Gasteiger partial charge in [-0.1, -0.05) is 5.16 Å². The maximum absolute atomic E-state index is 8.37. The van der Waals surface area contributed by atoms with Crippen LogP contribution < -0.4 is 0 Å². The number of nitrogens with zero attached hydrogens (tertiary/aromatic N) is 3. The Balaban J connectivity index is 2.39. The van der Waals surface area contributed by atoms with Crippen molar-refractivity contribution in [3.63, 3.8) is 0 Å². The van der Waals surface area contributed by atoms with Crippen molar-refractivity contribution >= 4 is 0 Å². The van der Waals surface area contributed by atoms with Gasteiger partial charge in [0.2, 0.25) is 5.89 Å². The molecule has 1 atom stereocenters. The lowest BCUT2D eigenvalue weighted by Crippen LogP contribution is -2.09. The Morgan fingerprint density at radius 3 is 3.07 bits per heavy atom. The maximum atomic E-state index is 8.37. The van der Waals surface area contributed by atoms with Crippen LogP contribution >= 0.6 is 0 Å². The SMILES string of the molecule is COC(C)Cc1noc(CCCC#N)n1. The molecular weight excluding hydrogens is 194 g/mol. The van der Waals surface area contributed by atoms with Gasteiger partial charge in [-0.05, 0) is 13.3 Å². The Hall–Kier alpha value is -1.41. The van der Waals surface area contributed by atoms with E-state index in [2.05, 4.69) is 16.2 Å². The zero-order chi connectivity index (χ0) is 11.1. The fourth-order valence-corrected chi connectivity index (χ4v) is 1.13. The molecule has 0 fully saturated rings. The van der Waals surface area contributed by atoms with Crippen molar-refractivity contribution in [1.29, 1.82) is 5.26 Å². The Morgan fingerprint density at radius 2 is 2.40 bits per heavy atom. The molecule has 0 spiro atoms. The summed E-state index contributed by atoms with van der Waals surface area (Å²) in [5.41, 5.74) is 0. The Labute approximate surface area is 89.0 Å². The molecule has 1 rings (SSSR count). The number of ether oxygens (including phenoxy) is 1. The quantitative estimate of drug-likeness (QED) is 0.664. The summed E-state index contributed by atoms with van der Waals surface area (Å²) in [5.74, 6) is 1.26. The number of aryl methyl sites for hydroxylation is 1. The summed E-state index contributed by atoms with van der Waals surface area (Å²) in [6.07, 6.45) is 2.69. The highest BCUT2D eigenvalue weighted by molar-refractivity contribution is 4.88. The van der Waals surface area contributed by atoms with Crippen LogP contribution in [0.1, 0.15) is 31.5 Å². The van der Waals surface area contributed by atoms with Gasteiger partial charge < -0.3 is 9.26 Å². The van der Waals surface area contributed by atoms with E-state index < -0.39 is 0 Å². The molecule has 82 valence electrons. The molecule has 0 bridgehead atoms. The standard InChI is InChI=1S/C10H15N3O2/c1-8(14-2)7-9-12-10(15-13-9)5-3-4-6-11/h8H,3-5,7H2,1-2H3. The van der Waals surface area contributed by atoms with Crippen LogP contribution in [0.2, 0.25) is 0 Å². The molecule has 1 aromatic heterocycles. The van der Waals surface area contributed by atoms with Crippen LogP contribution in [-0.4, -0.2) is 23.4 Å². The average Bonchev–Trinajstić information content (AvgIpc) is 2.66. The summed E-state index contributed by atoms with van der Waals surface area (Å²) in [6.45, 7) is 1.95. The number of aromatic nitrogens is 2. The van der Waals surface area contributed by atoms with Crippen LogP contribution in [0.3, 0.4) is 0 Å². The van der Waals surface area contributed by atoms with Gasteiger partial charge in [0.25, 0.3) is 0 Å². The van der Waals surface area contributed by atoms with Crippen molar-refractivity contribution in [3.8, 4) is 6.07 Å². The first-order valence-electron chi connectivity index (χ1n) is 4.97. The lowest BCUT2D eigenvalue weighted by molar-refractivity contribution is 0.116. The van der Waals surface area contributed by atoms with Gasteiger partial charge in [0, 0.05) is 26.4 Å². The fourth-order valence-electron chi connectivity index (χ4n) is 1.13. The van der Waals surface area contributed by atoms with Crippen LogP contribution in [-0.2, 0) is 17.6 Å². The van der Waals surface area contributed by atoms with Gasteiger partial charge in [-0.15, -0.1) is 0 Å². The second kappa shape index (κ2) is 6.14. The van der Waals surface area contributed by atoms with Crippen molar-refractivity contribution in [3.05, 3.63) is 11.7 Å². The third kappa shape index (κ3) is 4.09. The predicted molar refractivity (Wildman–Crippen MR) is 53.0 cm³/mol. The third-order valence-corrected chi connectivity index (χ3v) is 2.06. The summed E-state index contributed by atoms with van der Waals surface area (Å²) < 4.78 is 10.1. The molecule has 0 aromatic carbocycles. The average molecular weight is 209 g/mol. The lowest BCUT2D eigenvalue weighted by atomic mass is 10.2. The minimum absolute atomic E-state index is 0.0922. The normalized spacial score (nSPS) is 12.3. The van der Waals surface area contributed by atoms with Crippen molar-refractivity contribution in [2.24, 2.45) is 0 Å². The number of rotatable bonds is 6. The van der Waals surface area contributed by atoms with E-state index in [4.69, 9.17) is 14.5 Å². The van der Waals surface area contributed by atoms with Crippen molar-refractivity contribution in [2.75, 3.05) is 7.11 Å². The van der Waals surface area contributed by atoms with Crippen molar-refractivity contribution in [1.82, 2.24) is 10.1 Å². The zero-order valence-electron chi connectivity index (χ0n) is 9.06. The maximum Gasteiger partial charge on any atom is 0.226 e. The van der Waals surface area contributed by atoms with Gasteiger partial charge in [-0.2, -0.15) is 10.2 Å². The number of methoxy groups -OCH3 is 1. The van der Waals surface area contributed by atoms with Gasteiger partial charge in [-0.3, -0.25) is 0 Å². The van der Waals surface area contributed by atoms with Crippen LogP contribution in [0.4, 0.5) is 0 Å². The van der Waals surface area contributed by atoms with E-state index >= 15 is 0 Å². The molecule has 1 aromatic rings. The predicted octanol–water partition coefficient (Wildman–Crippen LogP) is 1.49. The Kier molecular flexibility index (Phi) is 4.78. The van der Waals surface area contributed by atoms with Gasteiger partial charge in [0.15, 0.2) is 5.82 Å². The Bertz CT molecular complexity index is 330. The van der Waals surface area contributed by atoms with Crippen molar-refractivity contribution in [2.45, 2.75) is 38.7 Å². The Morgan fingerprint density at radius 1 is 1.60 bits per heavy atom. The van der Waals surface area contributed by atoms with Gasteiger partial charge in [0.1, 0.15) is 0 Å². The number of hydrogen-bond donors (Lipinski definition) is 0. The highest BCUT2D eigenvalue weighted by Crippen LogP contribution is 2.05. The van der Waals surface area contributed by atoms with E-state index in [1.165, 1.54) is 0 Å². The summed E-state index contributed by atoms with van der Waals surface area (Å²) >= 11 is 0. The first kappa shape index (κ1) is 11.7. The molecule has 0 aliphatic carbocycles. The van der Waals surface area contributed by atoms with Crippen LogP contribution in [0.25, 0.3) is 0 Å². The molecular formula is C10H15N3O2. The minimum Gasteiger partial charge on any atom is -0.381 e. The molecule has 0 amide bonds. The van der Waals surface area contributed by atoms with Crippen LogP contribution in [0.15, 0.2) is 4.52 Å². The lowest BCUT2D eigenvalue weighted by Gasteiger charge is -2.03. The first-order valence-corrected chi connectivity index (χ1v) is 4.97.